The Hall–Kier alpha value is -2.47. The molecule has 2 heterocycles. The largest absolute Gasteiger partial charge is 0.459 e. The number of carbonyl (C=O) groups is 1. The minimum absolute atomic E-state index is 0.185. The third-order valence-corrected chi connectivity index (χ3v) is 6.19. The molecule has 0 spiro atoms. The first-order chi connectivity index (χ1) is 13.0. The number of amides is 2. The van der Waals surface area contributed by atoms with Gasteiger partial charge in [-0.1, -0.05) is 18.2 Å². The van der Waals surface area contributed by atoms with Gasteiger partial charge in [0.25, 0.3) is 0 Å². The number of carbonyl (C=O) groups excluding carboxylic acids is 1. The SMILES string of the molecule is C[C@@H](c1cc2ccccc2o1)N(C)C(=O)N[C@H]1CCSc2ccc(F)cc21. The molecule has 4 nitrogen and oxygen atoms in total. The van der Waals surface area contributed by atoms with Crippen molar-refractivity contribution in [3.05, 3.63) is 65.7 Å². The molecular weight excluding hydrogens is 363 g/mol. The minimum Gasteiger partial charge on any atom is -0.459 e. The number of hydrogen-bond acceptors (Lipinski definition) is 3. The fraction of sp³-hybridized carbons (Fsp3) is 0.286. The minimum atomic E-state index is -0.278. The van der Waals surface area contributed by atoms with Crippen LogP contribution in [0.5, 0.6) is 0 Å². The number of benzene rings is 2. The number of nitrogens with one attached hydrogen (secondary N) is 1. The molecule has 0 bridgehead atoms. The van der Waals surface area contributed by atoms with Crippen molar-refractivity contribution in [1.29, 1.82) is 0 Å². The molecule has 0 saturated carbocycles. The van der Waals surface area contributed by atoms with E-state index >= 15 is 0 Å². The van der Waals surface area contributed by atoms with E-state index in [9.17, 15) is 9.18 Å². The number of halogens is 1. The van der Waals surface area contributed by atoms with Crippen molar-refractivity contribution >= 4 is 28.8 Å². The lowest BCUT2D eigenvalue weighted by Gasteiger charge is -2.30. The zero-order chi connectivity index (χ0) is 19.0. The summed E-state index contributed by atoms with van der Waals surface area (Å²) >= 11 is 1.70. The molecule has 0 aliphatic carbocycles. The van der Waals surface area contributed by atoms with Crippen LogP contribution in [0.15, 0.2) is 57.8 Å². The predicted octanol–water partition coefficient (Wildman–Crippen LogP) is 5.51. The number of urea groups is 1. The van der Waals surface area contributed by atoms with Gasteiger partial charge in [0.05, 0.1) is 12.1 Å². The van der Waals surface area contributed by atoms with Gasteiger partial charge in [0.2, 0.25) is 0 Å². The van der Waals surface area contributed by atoms with Crippen molar-refractivity contribution in [2.45, 2.75) is 30.3 Å². The fourth-order valence-corrected chi connectivity index (χ4v) is 4.45. The summed E-state index contributed by atoms with van der Waals surface area (Å²) in [5.41, 5.74) is 1.66. The number of fused-ring (bicyclic) bond motifs is 2. The lowest BCUT2D eigenvalue weighted by Crippen LogP contribution is -2.41. The van der Waals surface area contributed by atoms with Crippen LogP contribution >= 0.6 is 11.8 Å². The highest BCUT2D eigenvalue weighted by Gasteiger charge is 2.26. The number of thioether (sulfide) groups is 1. The summed E-state index contributed by atoms with van der Waals surface area (Å²) in [6.45, 7) is 1.93. The molecule has 0 radical (unpaired) electrons. The molecule has 1 aliphatic heterocycles. The predicted molar refractivity (Wildman–Crippen MR) is 105 cm³/mol. The van der Waals surface area contributed by atoms with Crippen molar-refractivity contribution in [2.24, 2.45) is 0 Å². The second-order valence-electron chi connectivity index (χ2n) is 6.79. The zero-order valence-corrected chi connectivity index (χ0v) is 16.1. The van der Waals surface area contributed by atoms with E-state index in [0.717, 1.165) is 39.4 Å². The average molecular weight is 384 g/mol. The fourth-order valence-electron chi connectivity index (χ4n) is 3.34. The molecule has 1 aliphatic rings. The van der Waals surface area contributed by atoms with Crippen LogP contribution in [0.2, 0.25) is 0 Å². The van der Waals surface area contributed by atoms with E-state index in [1.807, 2.05) is 37.3 Å². The van der Waals surface area contributed by atoms with Gasteiger partial charge in [-0.2, -0.15) is 0 Å². The molecule has 4 rings (SSSR count). The topological polar surface area (TPSA) is 45.5 Å². The standard InChI is InChI=1S/C21H21FN2O2S/c1-13(19-11-14-5-3-4-6-18(14)26-19)24(2)21(25)23-17-9-10-27-20-8-7-15(22)12-16(17)20/h3-8,11-13,17H,9-10H2,1-2H3,(H,23,25)/t13-,17-/m0/s1. The first kappa shape index (κ1) is 17.9. The van der Waals surface area contributed by atoms with E-state index in [2.05, 4.69) is 5.32 Å². The maximum atomic E-state index is 13.7. The van der Waals surface area contributed by atoms with Crippen molar-refractivity contribution < 1.29 is 13.6 Å². The van der Waals surface area contributed by atoms with Gasteiger partial charge in [-0.3, -0.25) is 0 Å². The Bertz CT molecular complexity index is 954. The third-order valence-electron chi connectivity index (χ3n) is 5.07. The van der Waals surface area contributed by atoms with Crippen LogP contribution in [-0.2, 0) is 0 Å². The van der Waals surface area contributed by atoms with Crippen LogP contribution in [0.4, 0.5) is 9.18 Å². The molecule has 3 aromatic rings. The van der Waals surface area contributed by atoms with E-state index in [0.29, 0.717) is 0 Å². The number of hydrogen-bond donors (Lipinski definition) is 1. The smallest absolute Gasteiger partial charge is 0.318 e. The van der Waals surface area contributed by atoms with Crippen molar-refractivity contribution in [3.8, 4) is 0 Å². The van der Waals surface area contributed by atoms with E-state index in [1.165, 1.54) is 12.1 Å². The quantitative estimate of drug-likeness (QED) is 0.647. The van der Waals surface area contributed by atoms with Crippen LogP contribution in [-0.4, -0.2) is 23.7 Å². The summed E-state index contributed by atoms with van der Waals surface area (Å²) in [6, 6.07) is 13.9. The highest BCUT2D eigenvalue weighted by molar-refractivity contribution is 7.99. The Balaban J connectivity index is 1.50. The first-order valence-electron chi connectivity index (χ1n) is 8.97. The molecule has 2 amide bonds. The van der Waals surface area contributed by atoms with E-state index in [-0.39, 0.29) is 23.9 Å². The average Bonchev–Trinajstić information content (AvgIpc) is 3.11. The second kappa shape index (κ2) is 7.27. The van der Waals surface area contributed by atoms with Crippen molar-refractivity contribution in [2.75, 3.05) is 12.8 Å². The summed E-state index contributed by atoms with van der Waals surface area (Å²) < 4.78 is 19.6. The summed E-state index contributed by atoms with van der Waals surface area (Å²) in [7, 11) is 1.75. The maximum absolute atomic E-state index is 13.7. The monoisotopic (exact) mass is 384 g/mol. The van der Waals surface area contributed by atoms with Gasteiger partial charge >= 0.3 is 6.03 Å². The molecule has 1 N–H and O–H groups in total. The molecule has 2 aromatic carbocycles. The molecule has 140 valence electrons. The van der Waals surface area contributed by atoms with Crippen LogP contribution in [0, 0.1) is 5.82 Å². The Morgan fingerprint density at radius 3 is 2.93 bits per heavy atom. The van der Waals surface area contributed by atoms with Gasteiger partial charge in [0, 0.05) is 23.1 Å². The van der Waals surface area contributed by atoms with Crippen molar-refractivity contribution in [1.82, 2.24) is 10.2 Å². The highest BCUT2D eigenvalue weighted by atomic mass is 32.2. The molecule has 27 heavy (non-hydrogen) atoms. The maximum Gasteiger partial charge on any atom is 0.318 e. The van der Waals surface area contributed by atoms with Crippen LogP contribution in [0.1, 0.15) is 36.8 Å². The lowest BCUT2D eigenvalue weighted by molar-refractivity contribution is 0.183. The van der Waals surface area contributed by atoms with Crippen LogP contribution in [0.25, 0.3) is 11.0 Å². The van der Waals surface area contributed by atoms with Gasteiger partial charge in [-0.05, 0) is 49.2 Å². The molecule has 2 atom stereocenters. The van der Waals surface area contributed by atoms with E-state index < -0.39 is 0 Å². The molecule has 1 aromatic heterocycles. The van der Waals surface area contributed by atoms with Gasteiger partial charge in [-0.25, -0.2) is 9.18 Å². The van der Waals surface area contributed by atoms with E-state index in [1.54, 1.807) is 29.8 Å². The Morgan fingerprint density at radius 1 is 1.30 bits per heavy atom. The molecule has 0 unspecified atom stereocenters. The summed E-state index contributed by atoms with van der Waals surface area (Å²) in [4.78, 5) is 15.5. The normalized spacial score (nSPS) is 17.4. The van der Waals surface area contributed by atoms with E-state index in [4.69, 9.17) is 4.42 Å². The molecule has 0 fully saturated rings. The summed E-state index contributed by atoms with van der Waals surface area (Å²) in [6.07, 6.45) is 0.777. The highest BCUT2D eigenvalue weighted by Crippen LogP contribution is 2.36. The van der Waals surface area contributed by atoms with Gasteiger partial charge < -0.3 is 14.6 Å². The Kier molecular flexibility index (Phi) is 4.83. The Morgan fingerprint density at radius 2 is 2.11 bits per heavy atom. The van der Waals surface area contributed by atoms with Crippen LogP contribution in [0.3, 0.4) is 0 Å². The summed E-state index contributed by atoms with van der Waals surface area (Å²) in [5.74, 6) is 1.35. The second-order valence-corrected chi connectivity index (χ2v) is 7.93. The number of rotatable bonds is 3. The van der Waals surface area contributed by atoms with Crippen LogP contribution < -0.4 is 5.32 Å². The number of furan rings is 1. The van der Waals surface area contributed by atoms with Gasteiger partial charge in [0.1, 0.15) is 17.2 Å². The molecule has 0 saturated heterocycles. The van der Waals surface area contributed by atoms with Gasteiger partial charge in [-0.15, -0.1) is 11.8 Å². The molecular formula is C21H21FN2O2S. The summed E-state index contributed by atoms with van der Waals surface area (Å²) in [5, 5.41) is 4.07. The first-order valence-corrected chi connectivity index (χ1v) is 9.95. The number of para-hydroxylation sites is 1. The van der Waals surface area contributed by atoms with Gasteiger partial charge in [0.15, 0.2) is 0 Å². The van der Waals surface area contributed by atoms with Crippen molar-refractivity contribution in [3.63, 3.8) is 0 Å². The zero-order valence-electron chi connectivity index (χ0n) is 15.2. The number of nitrogens with zero attached hydrogens (tertiary/aromatic N) is 1. The molecule has 6 heteroatoms. The Labute approximate surface area is 161 Å². The third kappa shape index (κ3) is 3.54. The lowest BCUT2D eigenvalue weighted by atomic mass is 10.0.